The van der Waals surface area contributed by atoms with Crippen LogP contribution in [0.25, 0.3) is 0 Å². The van der Waals surface area contributed by atoms with E-state index in [-0.39, 0.29) is 6.71 Å². The van der Waals surface area contributed by atoms with Crippen molar-refractivity contribution in [2.75, 3.05) is 0 Å². The zero-order valence-electron chi connectivity index (χ0n) is 5.91. The van der Waals surface area contributed by atoms with E-state index in [0.717, 1.165) is 5.46 Å². The standard InChI is InChI=1S/C8H8BN/c1-9(7-10)8-5-3-2-4-6-8/h2-6H,1H3. The molecule has 1 aromatic rings. The van der Waals surface area contributed by atoms with Crippen LogP contribution < -0.4 is 5.46 Å². The molecule has 0 aliphatic rings. The van der Waals surface area contributed by atoms with Crippen LogP contribution in [0.2, 0.25) is 6.82 Å². The molecule has 1 nitrogen and oxygen atoms in total. The Balaban J connectivity index is 2.88. The van der Waals surface area contributed by atoms with Gasteiger partial charge >= 0.3 is 0 Å². The lowest BCUT2D eigenvalue weighted by Crippen LogP contribution is -2.23. The lowest BCUT2D eigenvalue weighted by Gasteiger charge is -1.95. The second kappa shape index (κ2) is 3.07. The Morgan fingerprint density at radius 1 is 1.30 bits per heavy atom. The average Bonchev–Trinajstić information content (AvgIpc) is 2.05. The van der Waals surface area contributed by atoms with Gasteiger partial charge in [0.05, 0.1) is 0 Å². The minimum Gasteiger partial charge on any atom is -0.212 e. The van der Waals surface area contributed by atoms with Gasteiger partial charge in [-0.1, -0.05) is 42.6 Å². The van der Waals surface area contributed by atoms with Crippen molar-refractivity contribution >= 4 is 12.2 Å². The van der Waals surface area contributed by atoms with Crippen molar-refractivity contribution in [3.63, 3.8) is 0 Å². The smallest absolute Gasteiger partial charge is 0.212 e. The Hall–Kier alpha value is -1.23. The van der Waals surface area contributed by atoms with Crippen LogP contribution in [0, 0.1) is 11.2 Å². The third-order valence-electron chi connectivity index (χ3n) is 1.49. The minimum atomic E-state index is 0.0150. The van der Waals surface area contributed by atoms with Gasteiger partial charge in [-0.05, 0) is 0 Å². The summed E-state index contributed by atoms with van der Waals surface area (Å²) in [7, 11) is 0. The maximum Gasteiger partial charge on any atom is 0.297 e. The van der Waals surface area contributed by atoms with E-state index >= 15 is 0 Å². The van der Waals surface area contributed by atoms with Crippen molar-refractivity contribution in [3.8, 4) is 5.97 Å². The van der Waals surface area contributed by atoms with Gasteiger partial charge in [0.15, 0.2) is 0 Å². The third kappa shape index (κ3) is 1.38. The van der Waals surface area contributed by atoms with Gasteiger partial charge in [0.2, 0.25) is 0 Å². The van der Waals surface area contributed by atoms with Crippen molar-refractivity contribution in [3.05, 3.63) is 30.3 Å². The van der Waals surface area contributed by atoms with Crippen LogP contribution in [-0.2, 0) is 0 Å². The van der Waals surface area contributed by atoms with Gasteiger partial charge in [0, 0.05) is 5.97 Å². The molecule has 1 rings (SSSR count). The Labute approximate surface area is 61.4 Å². The van der Waals surface area contributed by atoms with Crippen LogP contribution in [0.1, 0.15) is 0 Å². The maximum absolute atomic E-state index is 8.54. The maximum atomic E-state index is 8.54. The van der Waals surface area contributed by atoms with Crippen LogP contribution in [-0.4, -0.2) is 6.71 Å². The summed E-state index contributed by atoms with van der Waals surface area (Å²) in [5, 5.41) is 8.54. The zero-order chi connectivity index (χ0) is 7.40. The molecule has 48 valence electrons. The summed E-state index contributed by atoms with van der Waals surface area (Å²) in [6.45, 7) is 1.91. The van der Waals surface area contributed by atoms with Crippen molar-refractivity contribution in [2.24, 2.45) is 0 Å². The van der Waals surface area contributed by atoms with E-state index in [1.54, 1.807) is 0 Å². The van der Waals surface area contributed by atoms with Crippen LogP contribution >= 0.6 is 0 Å². The van der Waals surface area contributed by atoms with Gasteiger partial charge in [0.1, 0.15) is 0 Å². The topological polar surface area (TPSA) is 23.8 Å². The molecule has 0 fully saturated rings. The average molecular weight is 129 g/mol. The molecular weight excluding hydrogens is 121 g/mol. The number of rotatable bonds is 1. The van der Waals surface area contributed by atoms with E-state index in [0.29, 0.717) is 0 Å². The number of nitriles is 1. The second-order valence-corrected chi connectivity index (χ2v) is 2.26. The highest BCUT2D eigenvalue weighted by molar-refractivity contribution is 6.78. The van der Waals surface area contributed by atoms with Gasteiger partial charge in [-0.3, -0.25) is 0 Å². The van der Waals surface area contributed by atoms with E-state index < -0.39 is 0 Å². The second-order valence-electron chi connectivity index (χ2n) is 2.26. The summed E-state index contributed by atoms with van der Waals surface area (Å²) in [6.07, 6.45) is 0. The van der Waals surface area contributed by atoms with Crippen LogP contribution in [0.3, 0.4) is 0 Å². The van der Waals surface area contributed by atoms with Crippen molar-refractivity contribution < 1.29 is 0 Å². The SMILES string of the molecule is CB(C#N)c1ccccc1. The molecular formula is C8H8BN. The highest BCUT2D eigenvalue weighted by Gasteiger charge is 2.06. The van der Waals surface area contributed by atoms with E-state index in [9.17, 15) is 0 Å². The molecule has 0 aromatic heterocycles. The largest absolute Gasteiger partial charge is 0.297 e. The quantitative estimate of drug-likeness (QED) is 0.520. The molecule has 0 saturated heterocycles. The molecule has 0 bridgehead atoms. The first-order valence-corrected chi connectivity index (χ1v) is 3.29. The van der Waals surface area contributed by atoms with Crippen molar-refractivity contribution in [1.82, 2.24) is 0 Å². The molecule has 0 amide bonds. The molecule has 0 aliphatic heterocycles. The van der Waals surface area contributed by atoms with Gasteiger partial charge in [0.25, 0.3) is 6.71 Å². The van der Waals surface area contributed by atoms with Gasteiger partial charge < -0.3 is 0 Å². The molecule has 0 atom stereocenters. The zero-order valence-corrected chi connectivity index (χ0v) is 5.91. The molecule has 1 aromatic carbocycles. The molecule has 0 N–H and O–H groups in total. The Bertz CT molecular complexity index is 237. The molecule has 0 saturated carbocycles. The van der Waals surface area contributed by atoms with Crippen LogP contribution in [0.15, 0.2) is 30.3 Å². The summed E-state index contributed by atoms with van der Waals surface area (Å²) < 4.78 is 0. The third-order valence-corrected chi connectivity index (χ3v) is 1.49. The lowest BCUT2D eigenvalue weighted by atomic mass is 9.49. The molecule has 0 spiro atoms. The summed E-state index contributed by atoms with van der Waals surface area (Å²) in [5.74, 6) is 2.18. The fourth-order valence-corrected chi connectivity index (χ4v) is 0.816. The minimum absolute atomic E-state index is 0.0150. The van der Waals surface area contributed by atoms with Gasteiger partial charge in [-0.15, -0.1) is 0 Å². The number of nitrogens with zero attached hydrogens (tertiary/aromatic N) is 1. The summed E-state index contributed by atoms with van der Waals surface area (Å²) >= 11 is 0. The highest BCUT2D eigenvalue weighted by Crippen LogP contribution is 1.85. The first-order chi connectivity index (χ1) is 4.84. The molecule has 0 unspecified atom stereocenters. The predicted octanol–water partition coefficient (Wildman–Crippen LogP) is 1.08. The Kier molecular flexibility index (Phi) is 2.12. The molecule has 0 heterocycles. The first-order valence-electron chi connectivity index (χ1n) is 3.29. The fraction of sp³-hybridized carbons (Fsp3) is 0.125. The van der Waals surface area contributed by atoms with Gasteiger partial charge in [-0.2, -0.15) is 0 Å². The molecule has 10 heavy (non-hydrogen) atoms. The van der Waals surface area contributed by atoms with E-state index in [2.05, 4.69) is 5.97 Å². The first kappa shape index (κ1) is 6.89. The number of benzene rings is 1. The number of hydrogen-bond donors (Lipinski definition) is 0. The van der Waals surface area contributed by atoms with Crippen LogP contribution in [0.5, 0.6) is 0 Å². The van der Waals surface area contributed by atoms with Crippen molar-refractivity contribution in [2.45, 2.75) is 6.82 Å². The van der Waals surface area contributed by atoms with Gasteiger partial charge in [-0.25, -0.2) is 5.26 Å². The highest BCUT2D eigenvalue weighted by atomic mass is 14.2. The normalized spacial score (nSPS) is 8.40. The summed E-state index contributed by atoms with van der Waals surface area (Å²) in [5.41, 5.74) is 1.09. The van der Waals surface area contributed by atoms with E-state index in [1.165, 1.54) is 0 Å². The molecule has 0 radical (unpaired) electrons. The van der Waals surface area contributed by atoms with E-state index in [4.69, 9.17) is 5.26 Å². The molecule has 0 aliphatic carbocycles. The number of hydrogen-bond acceptors (Lipinski definition) is 1. The van der Waals surface area contributed by atoms with Crippen LogP contribution in [0.4, 0.5) is 0 Å². The Morgan fingerprint density at radius 2 is 1.90 bits per heavy atom. The fourth-order valence-electron chi connectivity index (χ4n) is 0.816. The van der Waals surface area contributed by atoms with E-state index in [1.807, 2.05) is 37.2 Å². The van der Waals surface area contributed by atoms with Crippen molar-refractivity contribution in [1.29, 1.82) is 5.26 Å². The lowest BCUT2D eigenvalue weighted by molar-refractivity contribution is 1.55. The summed E-state index contributed by atoms with van der Waals surface area (Å²) in [6, 6.07) is 9.78. The summed E-state index contributed by atoms with van der Waals surface area (Å²) in [4.78, 5) is 0. The monoisotopic (exact) mass is 129 g/mol. The molecule has 2 heteroatoms. The Morgan fingerprint density at radius 3 is 2.40 bits per heavy atom. The predicted molar refractivity (Wildman–Crippen MR) is 43.3 cm³/mol.